The van der Waals surface area contributed by atoms with E-state index in [2.05, 4.69) is 34.7 Å². The lowest BCUT2D eigenvalue weighted by Gasteiger charge is -2.43. The third-order valence-corrected chi connectivity index (χ3v) is 4.38. The van der Waals surface area contributed by atoms with Crippen LogP contribution in [0.4, 0.5) is 0 Å². The Kier molecular flexibility index (Phi) is 5.59. The molecule has 0 aliphatic carbocycles. The molecule has 2 atom stereocenters. The van der Waals surface area contributed by atoms with E-state index in [4.69, 9.17) is 10.00 Å². The van der Waals surface area contributed by atoms with Gasteiger partial charge in [0.15, 0.2) is 0 Å². The van der Waals surface area contributed by atoms with Gasteiger partial charge in [0.1, 0.15) is 0 Å². The van der Waals surface area contributed by atoms with Crippen molar-refractivity contribution in [2.45, 2.75) is 25.4 Å². The normalized spacial score (nSPS) is 31.2. The number of morpholine rings is 1. The standard InChI is InChI=1S/C14H26N4O/c1-13-11-16(2)14(3-4-15)12-18(13)6-5-17-7-9-19-10-8-17/h13-14H,3,5-12H2,1-2H3. The first kappa shape index (κ1) is 14.7. The molecule has 0 aromatic rings. The van der Waals surface area contributed by atoms with Crippen LogP contribution in [0.1, 0.15) is 13.3 Å². The van der Waals surface area contributed by atoms with Crippen LogP contribution in [-0.2, 0) is 4.74 Å². The highest BCUT2D eigenvalue weighted by molar-refractivity contribution is 4.90. The first-order valence-corrected chi connectivity index (χ1v) is 7.32. The molecular formula is C14H26N4O. The molecule has 0 spiro atoms. The van der Waals surface area contributed by atoms with E-state index < -0.39 is 0 Å². The lowest BCUT2D eigenvalue weighted by Crippen LogP contribution is -2.57. The van der Waals surface area contributed by atoms with E-state index in [9.17, 15) is 0 Å². The van der Waals surface area contributed by atoms with E-state index in [0.29, 0.717) is 18.5 Å². The number of ether oxygens (including phenoxy) is 1. The summed E-state index contributed by atoms with van der Waals surface area (Å²) in [5.41, 5.74) is 0. The van der Waals surface area contributed by atoms with Crippen LogP contribution < -0.4 is 0 Å². The average molecular weight is 266 g/mol. The molecule has 0 saturated carbocycles. The van der Waals surface area contributed by atoms with Gasteiger partial charge in [-0.15, -0.1) is 0 Å². The van der Waals surface area contributed by atoms with E-state index >= 15 is 0 Å². The van der Waals surface area contributed by atoms with Crippen molar-refractivity contribution < 1.29 is 4.74 Å². The van der Waals surface area contributed by atoms with Gasteiger partial charge in [-0.1, -0.05) is 0 Å². The van der Waals surface area contributed by atoms with E-state index in [1.807, 2.05) is 0 Å². The second kappa shape index (κ2) is 7.20. The van der Waals surface area contributed by atoms with Crippen LogP contribution in [0.2, 0.25) is 0 Å². The number of hydrogen-bond donors (Lipinski definition) is 0. The van der Waals surface area contributed by atoms with Crippen molar-refractivity contribution in [1.82, 2.24) is 14.7 Å². The Morgan fingerprint density at radius 2 is 1.95 bits per heavy atom. The molecule has 0 amide bonds. The first-order chi connectivity index (χ1) is 9.20. The zero-order valence-electron chi connectivity index (χ0n) is 12.2. The smallest absolute Gasteiger partial charge is 0.0638 e. The van der Waals surface area contributed by atoms with Gasteiger partial charge in [-0.3, -0.25) is 14.7 Å². The predicted molar refractivity (Wildman–Crippen MR) is 74.9 cm³/mol. The van der Waals surface area contributed by atoms with Gasteiger partial charge in [0.25, 0.3) is 0 Å². The molecule has 5 nitrogen and oxygen atoms in total. The summed E-state index contributed by atoms with van der Waals surface area (Å²) in [6.45, 7) is 10.5. The summed E-state index contributed by atoms with van der Waals surface area (Å²) in [7, 11) is 2.14. The first-order valence-electron chi connectivity index (χ1n) is 7.32. The van der Waals surface area contributed by atoms with Crippen molar-refractivity contribution >= 4 is 0 Å². The van der Waals surface area contributed by atoms with Crippen molar-refractivity contribution in [3.8, 4) is 6.07 Å². The molecule has 108 valence electrons. The largest absolute Gasteiger partial charge is 0.379 e. The Labute approximate surface area is 116 Å². The van der Waals surface area contributed by atoms with Gasteiger partial charge in [0, 0.05) is 51.4 Å². The van der Waals surface area contributed by atoms with Gasteiger partial charge >= 0.3 is 0 Å². The molecule has 2 unspecified atom stereocenters. The summed E-state index contributed by atoms with van der Waals surface area (Å²) in [6.07, 6.45) is 0.636. The van der Waals surface area contributed by atoms with Gasteiger partial charge < -0.3 is 4.74 Å². The molecule has 2 aliphatic rings. The average Bonchev–Trinajstić information content (AvgIpc) is 2.42. The van der Waals surface area contributed by atoms with Crippen LogP contribution in [0, 0.1) is 11.3 Å². The maximum Gasteiger partial charge on any atom is 0.0638 e. The highest BCUT2D eigenvalue weighted by Crippen LogP contribution is 2.15. The summed E-state index contributed by atoms with van der Waals surface area (Å²) < 4.78 is 5.38. The van der Waals surface area contributed by atoms with E-state index in [1.54, 1.807) is 0 Å². The maximum atomic E-state index is 8.90. The molecule has 0 radical (unpaired) electrons. The molecule has 19 heavy (non-hydrogen) atoms. The molecule has 2 rings (SSSR count). The topological polar surface area (TPSA) is 42.7 Å². The molecule has 2 aliphatic heterocycles. The molecule has 2 saturated heterocycles. The zero-order valence-corrected chi connectivity index (χ0v) is 12.2. The van der Waals surface area contributed by atoms with Crippen molar-refractivity contribution in [2.75, 3.05) is 59.5 Å². The van der Waals surface area contributed by atoms with E-state index in [1.165, 1.54) is 0 Å². The van der Waals surface area contributed by atoms with Crippen LogP contribution in [0.5, 0.6) is 0 Å². The summed E-state index contributed by atoms with van der Waals surface area (Å²) in [6, 6.07) is 3.29. The van der Waals surface area contributed by atoms with Crippen molar-refractivity contribution in [1.29, 1.82) is 5.26 Å². The zero-order chi connectivity index (χ0) is 13.7. The van der Waals surface area contributed by atoms with E-state index in [0.717, 1.165) is 52.5 Å². The second-order valence-electron chi connectivity index (χ2n) is 5.75. The fraction of sp³-hybridized carbons (Fsp3) is 0.929. The van der Waals surface area contributed by atoms with Crippen molar-refractivity contribution in [3.05, 3.63) is 0 Å². The highest BCUT2D eigenvalue weighted by Gasteiger charge is 2.29. The van der Waals surface area contributed by atoms with Gasteiger partial charge in [-0.2, -0.15) is 5.26 Å². The summed E-state index contributed by atoms with van der Waals surface area (Å²) >= 11 is 0. The SMILES string of the molecule is CC1CN(C)C(CC#N)CN1CCN1CCOCC1. The van der Waals surface area contributed by atoms with Gasteiger partial charge in [-0.25, -0.2) is 0 Å². The van der Waals surface area contributed by atoms with Crippen LogP contribution in [-0.4, -0.2) is 86.3 Å². The summed E-state index contributed by atoms with van der Waals surface area (Å²) in [5.74, 6) is 0. The van der Waals surface area contributed by atoms with Gasteiger partial charge in [-0.05, 0) is 14.0 Å². The van der Waals surface area contributed by atoms with Gasteiger partial charge in [0.2, 0.25) is 0 Å². The Morgan fingerprint density at radius 1 is 1.21 bits per heavy atom. The third-order valence-electron chi connectivity index (χ3n) is 4.38. The summed E-state index contributed by atoms with van der Waals surface area (Å²) in [4.78, 5) is 7.35. The Balaban J connectivity index is 1.79. The Morgan fingerprint density at radius 3 is 2.63 bits per heavy atom. The lowest BCUT2D eigenvalue weighted by atomic mass is 10.1. The maximum absolute atomic E-state index is 8.90. The molecule has 2 heterocycles. The minimum Gasteiger partial charge on any atom is -0.379 e. The molecule has 0 bridgehead atoms. The van der Waals surface area contributed by atoms with Crippen LogP contribution in [0.25, 0.3) is 0 Å². The molecule has 0 aromatic heterocycles. The summed E-state index contributed by atoms with van der Waals surface area (Å²) in [5, 5.41) is 8.90. The number of hydrogen-bond acceptors (Lipinski definition) is 5. The number of likely N-dealkylation sites (N-methyl/N-ethyl adjacent to an activating group) is 1. The highest BCUT2D eigenvalue weighted by atomic mass is 16.5. The molecule has 2 fully saturated rings. The second-order valence-corrected chi connectivity index (χ2v) is 5.75. The van der Waals surface area contributed by atoms with Crippen LogP contribution in [0.3, 0.4) is 0 Å². The minimum absolute atomic E-state index is 0.394. The number of rotatable bonds is 4. The lowest BCUT2D eigenvalue weighted by molar-refractivity contribution is 0.0160. The van der Waals surface area contributed by atoms with E-state index in [-0.39, 0.29) is 0 Å². The fourth-order valence-corrected chi connectivity index (χ4v) is 3.00. The van der Waals surface area contributed by atoms with Gasteiger partial charge in [0.05, 0.1) is 25.7 Å². The fourth-order valence-electron chi connectivity index (χ4n) is 3.00. The monoisotopic (exact) mass is 266 g/mol. The van der Waals surface area contributed by atoms with Crippen LogP contribution >= 0.6 is 0 Å². The number of piperazine rings is 1. The predicted octanol–water partition coefficient (Wildman–Crippen LogP) is 0.237. The van der Waals surface area contributed by atoms with Crippen LogP contribution in [0.15, 0.2) is 0 Å². The molecular weight excluding hydrogens is 240 g/mol. The van der Waals surface area contributed by atoms with Crippen molar-refractivity contribution in [2.24, 2.45) is 0 Å². The molecule has 5 heteroatoms. The number of nitrogens with zero attached hydrogens (tertiary/aromatic N) is 4. The third kappa shape index (κ3) is 4.15. The van der Waals surface area contributed by atoms with Crippen molar-refractivity contribution in [3.63, 3.8) is 0 Å². The number of nitriles is 1. The molecule has 0 N–H and O–H groups in total. The Bertz CT molecular complexity index is 311. The Hall–Kier alpha value is -0.670. The minimum atomic E-state index is 0.394. The quantitative estimate of drug-likeness (QED) is 0.729. The molecule has 0 aromatic carbocycles.